The van der Waals surface area contributed by atoms with Gasteiger partial charge in [-0.1, -0.05) is 25.1 Å². The molecule has 122 valence electrons. The first kappa shape index (κ1) is 16.2. The van der Waals surface area contributed by atoms with Crippen molar-refractivity contribution in [2.24, 2.45) is 5.92 Å². The summed E-state index contributed by atoms with van der Waals surface area (Å²) in [5, 5.41) is 3.10. The molecule has 3 rings (SSSR count). The van der Waals surface area contributed by atoms with Crippen LogP contribution in [0.1, 0.15) is 39.0 Å². The zero-order chi connectivity index (χ0) is 16.4. The van der Waals surface area contributed by atoms with E-state index in [2.05, 4.69) is 29.3 Å². The number of benzene rings is 1. The summed E-state index contributed by atoms with van der Waals surface area (Å²) in [6.45, 7) is 3.10. The van der Waals surface area contributed by atoms with Crippen LogP contribution in [0.3, 0.4) is 0 Å². The summed E-state index contributed by atoms with van der Waals surface area (Å²) in [4.78, 5) is 17.0. The second-order valence-electron chi connectivity index (χ2n) is 6.76. The molecule has 1 aromatic carbocycles. The van der Waals surface area contributed by atoms with Gasteiger partial charge in [-0.15, -0.1) is 11.3 Å². The lowest BCUT2D eigenvalue weighted by Crippen LogP contribution is -2.16. The highest BCUT2D eigenvalue weighted by Crippen LogP contribution is 2.32. The smallest absolute Gasteiger partial charge is 0.265 e. The first-order valence-corrected chi connectivity index (χ1v) is 9.00. The Labute approximate surface area is 142 Å². The van der Waals surface area contributed by atoms with Gasteiger partial charge in [0.05, 0.1) is 4.88 Å². The molecule has 2 aromatic rings. The van der Waals surface area contributed by atoms with Crippen LogP contribution in [0.5, 0.6) is 0 Å². The number of anilines is 1. The molecule has 23 heavy (non-hydrogen) atoms. The predicted molar refractivity (Wildman–Crippen MR) is 97.3 cm³/mol. The van der Waals surface area contributed by atoms with E-state index in [4.69, 9.17) is 0 Å². The van der Waals surface area contributed by atoms with E-state index in [1.54, 1.807) is 11.3 Å². The molecule has 4 heteroatoms. The molecular formula is C19H24N2OS. The van der Waals surface area contributed by atoms with Crippen LogP contribution in [0.15, 0.2) is 30.3 Å². The number of carbonyl (C=O) groups is 1. The van der Waals surface area contributed by atoms with E-state index >= 15 is 0 Å². The quantitative estimate of drug-likeness (QED) is 0.913. The van der Waals surface area contributed by atoms with Gasteiger partial charge in [0.1, 0.15) is 0 Å². The first-order valence-electron chi connectivity index (χ1n) is 8.18. The highest BCUT2D eigenvalue weighted by Gasteiger charge is 2.21. The summed E-state index contributed by atoms with van der Waals surface area (Å²) in [5.41, 5.74) is 3.42. The number of carbonyl (C=O) groups excluding carboxylic acids is 1. The maximum Gasteiger partial charge on any atom is 0.265 e. The van der Waals surface area contributed by atoms with Crippen molar-refractivity contribution in [1.82, 2.24) is 4.90 Å². The molecule has 0 bridgehead atoms. The van der Waals surface area contributed by atoms with E-state index < -0.39 is 0 Å². The van der Waals surface area contributed by atoms with Gasteiger partial charge in [-0.05, 0) is 62.5 Å². The van der Waals surface area contributed by atoms with E-state index in [9.17, 15) is 4.79 Å². The van der Waals surface area contributed by atoms with Gasteiger partial charge in [0.2, 0.25) is 0 Å². The average molecular weight is 328 g/mol. The standard InChI is InChI=1S/C19H24N2OS/c1-13-8-9-17-15(10-13)11-18(23-17)19(22)20-16-7-5-4-6-14(16)12-21(2)3/h4-7,11,13H,8-10,12H2,1-3H3,(H,20,22). The van der Waals surface area contributed by atoms with Crippen LogP contribution in [-0.2, 0) is 19.4 Å². The van der Waals surface area contributed by atoms with E-state index in [1.165, 1.54) is 16.9 Å². The number of fused-ring (bicyclic) bond motifs is 1. The Balaban J connectivity index is 1.78. The minimum atomic E-state index is 0.0169. The van der Waals surface area contributed by atoms with Crippen LogP contribution in [0, 0.1) is 5.92 Å². The molecule has 3 nitrogen and oxygen atoms in total. The molecule has 0 saturated heterocycles. The second kappa shape index (κ2) is 6.85. The topological polar surface area (TPSA) is 32.3 Å². The summed E-state index contributed by atoms with van der Waals surface area (Å²) < 4.78 is 0. The molecule has 0 aliphatic heterocycles. The van der Waals surface area contributed by atoms with E-state index in [1.807, 2.05) is 32.3 Å². The third-order valence-electron chi connectivity index (χ3n) is 4.31. The zero-order valence-electron chi connectivity index (χ0n) is 14.1. The van der Waals surface area contributed by atoms with Gasteiger partial charge in [0.25, 0.3) is 5.91 Å². The summed E-state index contributed by atoms with van der Waals surface area (Å²) in [6, 6.07) is 10.1. The van der Waals surface area contributed by atoms with Gasteiger partial charge >= 0.3 is 0 Å². The number of hydrogen-bond acceptors (Lipinski definition) is 3. The lowest BCUT2D eigenvalue weighted by molar-refractivity contribution is 0.103. The lowest BCUT2D eigenvalue weighted by atomic mass is 9.90. The van der Waals surface area contributed by atoms with Gasteiger partial charge in [-0.3, -0.25) is 4.79 Å². The van der Waals surface area contributed by atoms with Crippen LogP contribution in [0.2, 0.25) is 0 Å². The SMILES string of the molecule is CC1CCc2sc(C(=O)Nc3ccccc3CN(C)C)cc2C1. The fourth-order valence-corrected chi connectivity index (χ4v) is 4.23. The number of para-hydroxylation sites is 1. The van der Waals surface area contributed by atoms with Crippen molar-refractivity contribution in [3.05, 3.63) is 51.2 Å². The van der Waals surface area contributed by atoms with Crippen LogP contribution in [0.4, 0.5) is 5.69 Å². The number of aryl methyl sites for hydroxylation is 1. The Morgan fingerprint density at radius 3 is 2.91 bits per heavy atom. The molecule has 0 fully saturated rings. The summed E-state index contributed by atoms with van der Waals surface area (Å²) >= 11 is 1.66. The molecule has 1 amide bonds. The number of nitrogens with zero attached hydrogens (tertiary/aromatic N) is 1. The summed E-state index contributed by atoms with van der Waals surface area (Å²) in [6.07, 6.45) is 3.46. The Kier molecular flexibility index (Phi) is 4.83. The molecular weight excluding hydrogens is 304 g/mol. The van der Waals surface area contributed by atoms with Crippen molar-refractivity contribution in [1.29, 1.82) is 0 Å². The van der Waals surface area contributed by atoms with Crippen LogP contribution in [-0.4, -0.2) is 24.9 Å². The summed E-state index contributed by atoms with van der Waals surface area (Å²) in [7, 11) is 4.07. The van der Waals surface area contributed by atoms with Crippen molar-refractivity contribution >= 4 is 22.9 Å². The van der Waals surface area contributed by atoms with Crippen molar-refractivity contribution in [3.63, 3.8) is 0 Å². The number of rotatable bonds is 4. The fraction of sp³-hybridized carbons (Fsp3) is 0.421. The molecule has 1 aromatic heterocycles. The Morgan fingerprint density at radius 1 is 1.35 bits per heavy atom. The maximum absolute atomic E-state index is 12.6. The van der Waals surface area contributed by atoms with Gasteiger partial charge in [-0.2, -0.15) is 0 Å². The Bertz CT molecular complexity index is 705. The van der Waals surface area contributed by atoms with Crippen molar-refractivity contribution < 1.29 is 4.79 Å². The number of hydrogen-bond donors (Lipinski definition) is 1. The molecule has 0 saturated carbocycles. The largest absolute Gasteiger partial charge is 0.321 e. The van der Waals surface area contributed by atoms with Gasteiger partial charge in [0, 0.05) is 17.1 Å². The first-order chi connectivity index (χ1) is 11.0. The monoisotopic (exact) mass is 328 g/mol. The molecule has 1 N–H and O–H groups in total. The minimum absolute atomic E-state index is 0.0169. The third-order valence-corrected chi connectivity index (χ3v) is 5.54. The Hall–Kier alpha value is -1.65. The van der Waals surface area contributed by atoms with Gasteiger partial charge in [-0.25, -0.2) is 0 Å². The molecule has 1 aliphatic rings. The van der Waals surface area contributed by atoms with Gasteiger partial charge < -0.3 is 10.2 Å². The lowest BCUT2D eigenvalue weighted by Gasteiger charge is -2.16. The number of thiophene rings is 1. The fourth-order valence-electron chi connectivity index (χ4n) is 3.12. The van der Waals surface area contributed by atoms with Gasteiger partial charge in [0.15, 0.2) is 0 Å². The van der Waals surface area contributed by atoms with Crippen LogP contribution >= 0.6 is 11.3 Å². The van der Waals surface area contributed by atoms with E-state index in [0.717, 1.165) is 41.4 Å². The average Bonchev–Trinajstić information content (AvgIpc) is 2.92. The molecule has 1 atom stereocenters. The second-order valence-corrected chi connectivity index (χ2v) is 7.89. The van der Waals surface area contributed by atoms with Crippen molar-refractivity contribution in [2.45, 2.75) is 32.7 Å². The van der Waals surface area contributed by atoms with Crippen LogP contribution < -0.4 is 5.32 Å². The highest BCUT2D eigenvalue weighted by molar-refractivity contribution is 7.14. The van der Waals surface area contributed by atoms with Crippen LogP contribution in [0.25, 0.3) is 0 Å². The predicted octanol–water partition coefficient (Wildman–Crippen LogP) is 4.19. The number of nitrogens with one attached hydrogen (secondary N) is 1. The number of amides is 1. The molecule has 1 unspecified atom stereocenters. The third kappa shape index (κ3) is 3.82. The molecule has 1 heterocycles. The van der Waals surface area contributed by atoms with E-state index in [0.29, 0.717) is 0 Å². The summed E-state index contributed by atoms with van der Waals surface area (Å²) in [5.74, 6) is 0.747. The zero-order valence-corrected chi connectivity index (χ0v) is 14.9. The highest BCUT2D eigenvalue weighted by atomic mass is 32.1. The minimum Gasteiger partial charge on any atom is -0.321 e. The molecule has 1 aliphatic carbocycles. The normalized spacial score (nSPS) is 17.1. The van der Waals surface area contributed by atoms with Crippen molar-refractivity contribution in [2.75, 3.05) is 19.4 Å². The van der Waals surface area contributed by atoms with E-state index in [-0.39, 0.29) is 5.91 Å². The Morgan fingerprint density at radius 2 is 2.13 bits per heavy atom. The van der Waals surface area contributed by atoms with Crippen molar-refractivity contribution in [3.8, 4) is 0 Å². The maximum atomic E-state index is 12.6. The molecule has 0 spiro atoms. The molecule has 0 radical (unpaired) electrons.